The van der Waals surface area contributed by atoms with Crippen molar-refractivity contribution in [3.8, 4) is 57.0 Å². The predicted molar refractivity (Wildman–Crippen MR) is 214 cm³/mol. The Labute approximate surface area is 359 Å². The van der Waals surface area contributed by atoms with Crippen molar-refractivity contribution >= 4 is 16.0 Å². The summed E-state index contributed by atoms with van der Waals surface area (Å²) in [6, 6.07) is 25.6. The second-order valence-corrected chi connectivity index (χ2v) is 15.0. The molecule has 4 heterocycles. The summed E-state index contributed by atoms with van der Waals surface area (Å²) in [6.07, 6.45) is -4.62. The second kappa shape index (κ2) is 17.1. The van der Waals surface area contributed by atoms with Crippen LogP contribution < -0.4 is 25.2 Å². The molecule has 0 spiro atoms. The van der Waals surface area contributed by atoms with E-state index in [0.717, 1.165) is 30.3 Å². The van der Waals surface area contributed by atoms with Gasteiger partial charge in [0.05, 0.1) is 57.0 Å². The van der Waals surface area contributed by atoms with Crippen LogP contribution in [0.3, 0.4) is 0 Å². The third-order valence-corrected chi connectivity index (χ3v) is 10.2. The molecule has 0 unspecified atom stereocenters. The molecule has 0 aliphatic heterocycles. The summed E-state index contributed by atoms with van der Waals surface area (Å²) in [5.41, 5.74) is -0.186. The lowest BCUT2D eigenvalue weighted by Crippen LogP contribution is -2.27. The Balaban J connectivity index is 0.941. The van der Waals surface area contributed by atoms with Gasteiger partial charge < -0.3 is 14.3 Å². The van der Waals surface area contributed by atoms with Gasteiger partial charge in [-0.15, -0.1) is 26.3 Å². The molecular weight excluding hydrogens is 893 g/mol. The Hall–Kier alpha value is -8.38. The number of carbonyl (C=O) groups excluding carboxylic acids is 1. The fourth-order valence-electron chi connectivity index (χ4n) is 6.19. The van der Waals surface area contributed by atoms with Crippen molar-refractivity contribution in [2.75, 3.05) is 0 Å². The number of aromatic nitrogens is 8. The molecule has 0 bridgehead atoms. The van der Waals surface area contributed by atoms with E-state index in [0.29, 0.717) is 5.69 Å². The van der Waals surface area contributed by atoms with Crippen molar-refractivity contribution in [2.24, 2.45) is 0 Å². The average Bonchev–Trinajstić information content (AvgIpc) is 3.96. The van der Waals surface area contributed by atoms with Crippen LogP contribution in [0.2, 0.25) is 0 Å². The van der Waals surface area contributed by atoms with E-state index < -0.39 is 51.1 Å². The molecule has 0 saturated carbocycles. The van der Waals surface area contributed by atoms with E-state index in [2.05, 4.69) is 29.9 Å². The monoisotopic (exact) mass is 917 g/mol. The van der Waals surface area contributed by atoms with Gasteiger partial charge in [0.1, 0.15) is 11.5 Å². The van der Waals surface area contributed by atoms with E-state index in [1.54, 1.807) is 4.89 Å². The van der Waals surface area contributed by atoms with Gasteiger partial charge in [-0.3, -0.25) is 9.59 Å². The highest BCUT2D eigenvalue weighted by Gasteiger charge is 2.32. The molecule has 4 aromatic carbocycles. The number of benzene rings is 4. The summed E-state index contributed by atoms with van der Waals surface area (Å²) >= 11 is 0. The maximum atomic E-state index is 13.1. The van der Waals surface area contributed by atoms with Crippen LogP contribution in [0, 0.1) is 0 Å². The quantitative estimate of drug-likeness (QED) is 0.106. The number of hydrogen-bond donors (Lipinski definition) is 1. The molecule has 330 valence electrons. The van der Waals surface area contributed by atoms with Crippen molar-refractivity contribution in [1.82, 2.24) is 44.0 Å². The van der Waals surface area contributed by atoms with E-state index in [4.69, 9.17) is 4.84 Å². The van der Waals surface area contributed by atoms with Gasteiger partial charge in [0.25, 0.3) is 10.0 Å². The number of sulfonamides is 1. The van der Waals surface area contributed by atoms with Crippen LogP contribution in [0.4, 0.5) is 26.3 Å². The number of alkyl halides is 6. The minimum absolute atomic E-state index is 0.0937. The van der Waals surface area contributed by atoms with Crippen LogP contribution in [0.5, 0.6) is 11.5 Å². The normalized spacial score (nSPS) is 11.9. The van der Waals surface area contributed by atoms with Crippen LogP contribution in [-0.2, 0) is 14.9 Å². The zero-order valence-corrected chi connectivity index (χ0v) is 33.2. The van der Waals surface area contributed by atoms with Crippen molar-refractivity contribution in [3.63, 3.8) is 0 Å². The first kappa shape index (κ1) is 43.3. The third kappa shape index (κ3) is 9.82. The highest BCUT2D eigenvalue weighted by Crippen LogP contribution is 2.27. The van der Waals surface area contributed by atoms with Crippen molar-refractivity contribution < 1.29 is 53.9 Å². The smallest absolute Gasteiger partial charge is 0.406 e. The van der Waals surface area contributed by atoms with E-state index in [1.165, 1.54) is 135 Å². The maximum Gasteiger partial charge on any atom is 0.573 e. The molecule has 0 aliphatic rings. The van der Waals surface area contributed by atoms with Crippen molar-refractivity contribution in [2.45, 2.75) is 17.6 Å². The van der Waals surface area contributed by atoms with Crippen LogP contribution in [0.1, 0.15) is 10.4 Å². The highest BCUT2D eigenvalue weighted by molar-refractivity contribution is 7.89. The minimum Gasteiger partial charge on any atom is -0.406 e. The number of nitrogens with zero attached hydrogens (tertiary/aromatic N) is 8. The second-order valence-electron chi connectivity index (χ2n) is 13.3. The van der Waals surface area contributed by atoms with Gasteiger partial charge in [-0.25, -0.2) is 31.9 Å². The van der Waals surface area contributed by atoms with Gasteiger partial charge >= 0.3 is 18.7 Å². The summed E-state index contributed by atoms with van der Waals surface area (Å²) in [4.78, 5) is 45.1. The summed E-state index contributed by atoms with van der Waals surface area (Å²) in [6.45, 7) is 0. The first-order valence-corrected chi connectivity index (χ1v) is 19.8. The van der Waals surface area contributed by atoms with Crippen molar-refractivity contribution in [1.29, 1.82) is 0 Å². The van der Waals surface area contributed by atoms with Gasteiger partial charge in [-0.05, 0) is 89.8 Å². The zero-order chi connectivity index (χ0) is 46.1. The molecule has 1 N–H and O–H groups in total. The number of hydrogen-bond acceptors (Lipinski definition) is 12. The third-order valence-electron chi connectivity index (χ3n) is 9.00. The fourth-order valence-corrected chi connectivity index (χ4v) is 6.96. The molecular formula is C41H25F6N9O8S. The standard InChI is InChI=1S/C41H25F6N9O8S/c42-40(43,44)62-30-5-1-3-28(23-30)53-21-17-35(57)37(50-53)33-15-19-48-55(33)26-9-7-25(8-10-26)39(59)64-52-65(60,61)32-13-11-27(12-14-32)56-34(16-20-49-56)38-36(58)18-22-54(51-38)29-4-2-6-31(24-29)63-41(45,46)47/h1-24,52H. The fraction of sp³-hybridized carbons (Fsp3) is 0.0488. The topological polar surface area (TPSA) is 196 Å². The Kier molecular flexibility index (Phi) is 11.4. The van der Waals surface area contributed by atoms with Crippen molar-refractivity contribution in [3.05, 3.63) is 172 Å². The Bertz CT molecular complexity index is 3300. The first-order chi connectivity index (χ1) is 30.9. The largest absolute Gasteiger partial charge is 0.573 e. The van der Waals surface area contributed by atoms with Crippen LogP contribution in [-0.4, -0.2) is 66.2 Å². The van der Waals surface area contributed by atoms with Gasteiger partial charge in [0, 0.05) is 36.7 Å². The molecule has 8 aromatic rings. The molecule has 0 fully saturated rings. The molecule has 0 amide bonds. The number of halogens is 6. The molecule has 0 saturated heterocycles. The Morgan fingerprint density at radius 2 is 1.02 bits per heavy atom. The van der Waals surface area contributed by atoms with E-state index >= 15 is 0 Å². The van der Waals surface area contributed by atoms with E-state index in [1.807, 2.05) is 0 Å². The number of ether oxygens (including phenoxy) is 2. The molecule has 24 heteroatoms. The predicted octanol–water partition coefficient (Wildman–Crippen LogP) is 6.33. The summed E-state index contributed by atoms with van der Waals surface area (Å²) in [7, 11) is -4.47. The Morgan fingerprint density at radius 3 is 1.46 bits per heavy atom. The van der Waals surface area contributed by atoms with Gasteiger partial charge in [-0.2, -0.15) is 20.4 Å². The number of rotatable bonds is 12. The highest BCUT2D eigenvalue weighted by atomic mass is 32.2. The van der Waals surface area contributed by atoms with E-state index in [-0.39, 0.29) is 50.3 Å². The minimum atomic E-state index is -4.93. The summed E-state index contributed by atoms with van der Waals surface area (Å²) < 4.78 is 116. The molecule has 0 atom stereocenters. The van der Waals surface area contributed by atoms with Crippen LogP contribution in [0.25, 0.3) is 45.5 Å². The molecule has 17 nitrogen and oxygen atoms in total. The Morgan fingerprint density at radius 1 is 0.569 bits per heavy atom. The summed E-state index contributed by atoms with van der Waals surface area (Å²) in [5, 5.41) is 17.0. The van der Waals surface area contributed by atoms with Crippen LogP contribution in [0.15, 0.2) is 161 Å². The molecule has 0 radical (unpaired) electrons. The SMILES string of the molecule is O=C(ONS(=O)(=O)c1ccc(-n2nccc2-c2nn(-c3cccc(OC(F)(F)F)c3)ccc2=O)cc1)c1ccc(-n2nccc2-c2nn(-c3cccc(OC(F)(F)F)c3)ccc2=O)cc1. The van der Waals surface area contributed by atoms with Gasteiger partial charge in [0.15, 0.2) is 11.4 Å². The van der Waals surface area contributed by atoms with Gasteiger partial charge in [0.2, 0.25) is 10.9 Å². The average molecular weight is 918 g/mol. The lowest BCUT2D eigenvalue weighted by Gasteiger charge is -2.12. The zero-order valence-electron chi connectivity index (χ0n) is 32.4. The maximum absolute atomic E-state index is 13.1. The molecule has 65 heavy (non-hydrogen) atoms. The lowest BCUT2D eigenvalue weighted by molar-refractivity contribution is -0.275. The van der Waals surface area contributed by atoms with Crippen LogP contribution >= 0.6 is 0 Å². The van der Waals surface area contributed by atoms with Gasteiger partial charge in [-0.1, -0.05) is 12.1 Å². The van der Waals surface area contributed by atoms with E-state index in [9.17, 15) is 49.1 Å². The first-order valence-electron chi connectivity index (χ1n) is 18.4. The molecule has 4 aromatic heterocycles. The number of carbonyl (C=O) groups is 1. The molecule has 0 aliphatic carbocycles. The number of nitrogens with one attached hydrogen (secondary N) is 1. The molecule has 8 rings (SSSR count). The summed E-state index contributed by atoms with van der Waals surface area (Å²) in [5.74, 6) is -2.10. The lowest BCUT2D eigenvalue weighted by atomic mass is 10.2.